The van der Waals surface area contributed by atoms with Crippen molar-refractivity contribution >= 4 is 11.8 Å². The van der Waals surface area contributed by atoms with Crippen LogP contribution in [0.5, 0.6) is 0 Å². The highest BCUT2D eigenvalue weighted by Crippen LogP contribution is 2.29. The van der Waals surface area contributed by atoms with Gasteiger partial charge in [0.25, 0.3) is 5.91 Å². The first-order chi connectivity index (χ1) is 11.8. The van der Waals surface area contributed by atoms with Crippen LogP contribution in [0.25, 0.3) is 0 Å². The molecule has 1 aromatic rings. The molecule has 138 valence electrons. The molecule has 1 aliphatic rings. The van der Waals surface area contributed by atoms with Crippen molar-refractivity contribution in [2.24, 2.45) is 0 Å². The second-order valence-electron chi connectivity index (χ2n) is 5.99. The Bertz CT molecular complexity index is 596. The third kappa shape index (κ3) is 5.19. The summed E-state index contributed by atoms with van der Waals surface area (Å²) >= 11 is 0. The molecule has 25 heavy (non-hydrogen) atoms. The Morgan fingerprint density at radius 3 is 2.48 bits per heavy atom. The molecule has 1 saturated heterocycles. The van der Waals surface area contributed by atoms with E-state index in [0.717, 1.165) is 50.2 Å². The van der Waals surface area contributed by atoms with Crippen LogP contribution in [0.3, 0.4) is 0 Å². The predicted molar refractivity (Wildman–Crippen MR) is 87.1 cm³/mol. The molecule has 8 heteroatoms. The standard InChI is InChI=1S/C17H22F3N3O2/c1-2-9-23(14-7-8-21-10-14)15(24)11-22-16(25)12-3-5-13(6-4-12)17(18,19)20/h3-6,14,21H,2,7-11H2,1H3,(H,22,25). The Kier molecular flexibility index (Phi) is 6.41. The number of alkyl halides is 3. The van der Waals surface area contributed by atoms with Gasteiger partial charge >= 0.3 is 6.18 Å². The Morgan fingerprint density at radius 2 is 1.96 bits per heavy atom. The van der Waals surface area contributed by atoms with Gasteiger partial charge in [0.1, 0.15) is 0 Å². The number of benzene rings is 1. The molecule has 0 aromatic heterocycles. The Morgan fingerprint density at radius 1 is 1.28 bits per heavy atom. The van der Waals surface area contributed by atoms with Gasteiger partial charge in [-0.05, 0) is 43.7 Å². The molecule has 1 fully saturated rings. The number of amides is 2. The highest BCUT2D eigenvalue weighted by Gasteiger charge is 2.30. The van der Waals surface area contributed by atoms with Crippen molar-refractivity contribution in [3.63, 3.8) is 0 Å². The van der Waals surface area contributed by atoms with Crippen LogP contribution in [0, 0.1) is 0 Å². The lowest BCUT2D eigenvalue weighted by molar-refractivity contribution is -0.137. The maximum absolute atomic E-state index is 12.5. The van der Waals surface area contributed by atoms with E-state index >= 15 is 0 Å². The monoisotopic (exact) mass is 357 g/mol. The lowest BCUT2D eigenvalue weighted by Crippen LogP contribution is -2.46. The van der Waals surface area contributed by atoms with Crippen molar-refractivity contribution in [2.75, 3.05) is 26.2 Å². The lowest BCUT2D eigenvalue weighted by atomic mass is 10.1. The maximum atomic E-state index is 12.5. The molecule has 2 rings (SSSR count). The van der Waals surface area contributed by atoms with Crippen LogP contribution in [0.2, 0.25) is 0 Å². The fourth-order valence-corrected chi connectivity index (χ4v) is 2.83. The van der Waals surface area contributed by atoms with E-state index in [9.17, 15) is 22.8 Å². The fraction of sp³-hybridized carbons (Fsp3) is 0.529. The van der Waals surface area contributed by atoms with Crippen molar-refractivity contribution in [2.45, 2.75) is 32.0 Å². The molecule has 1 aliphatic heterocycles. The number of halogens is 3. The molecule has 0 spiro atoms. The van der Waals surface area contributed by atoms with E-state index in [-0.39, 0.29) is 24.1 Å². The molecular weight excluding hydrogens is 335 g/mol. The van der Waals surface area contributed by atoms with Crippen LogP contribution < -0.4 is 10.6 Å². The first-order valence-corrected chi connectivity index (χ1v) is 8.28. The van der Waals surface area contributed by atoms with Crippen LogP contribution >= 0.6 is 0 Å². The molecule has 1 heterocycles. The van der Waals surface area contributed by atoms with Gasteiger partial charge in [-0.2, -0.15) is 13.2 Å². The van der Waals surface area contributed by atoms with Crippen LogP contribution in [0.15, 0.2) is 24.3 Å². The van der Waals surface area contributed by atoms with Gasteiger partial charge in [0.05, 0.1) is 12.1 Å². The summed E-state index contributed by atoms with van der Waals surface area (Å²) in [7, 11) is 0. The first-order valence-electron chi connectivity index (χ1n) is 8.28. The lowest BCUT2D eigenvalue weighted by Gasteiger charge is -2.28. The minimum Gasteiger partial charge on any atom is -0.343 e. The van der Waals surface area contributed by atoms with Crippen LogP contribution in [0.1, 0.15) is 35.7 Å². The molecule has 0 radical (unpaired) electrons. The Balaban J connectivity index is 1.92. The van der Waals surface area contributed by atoms with Crippen molar-refractivity contribution in [1.29, 1.82) is 0 Å². The summed E-state index contributed by atoms with van der Waals surface area (Å²) in [6.45, 7) is 4.01. The van der Waals surface area contributed by atoms with E-state index in [1.165, 1.54) is 0 Å². The zero-order valence-corrected chi connectivity index (χ0v) is 14.0. The van der Waals surface area contributed by atoms with E-state index in [1.54, 1.807) is 4.90 Å². The zero-order chi connectivity index (χ0) is 18.4. The van der Waals surface area contributed by atoms with E-state index in [2.05, 4.69) is 10.6 Å². The third-order valence-electron chi connectivity index (χ3n) is 4.13. The highest BCUT2D eigenvalue weighted by molar-refractivity contribution is 5.96. The van der Waals surface area contributed by atoms with E-state index in [1.807, 2.05) is 6.92 Å². The zero-order valence-electron chi connectivity index (χ0n) is 14.0. The van der Waals surface area contributed by atoms with Crippen LogP contribution in [-0.2, 0) is 11.0 Å². The van der Waals surface area contributed by atoms with E-state index < -0.39 is 17.6 Å². The SMILES string of the molecule is CCCN(C(=O)CNC(=O)c1ccc(C(F)(F)F)cc1)C1CCNC1. The van der Waals surface area contributed by atoms with Crippen molar-refractivity contribution < 1.29 is 22.8 Å². The minimum absolute atomic E-state index is 0.0883. The van der Waals surface area contributed by atoms with Gasteiger partial charge in [0.2, 0.25) is 5.91 Å². The number of carbonyl (C=O) groups is 2. The number of nitrogens with one attached hydrogen (secondary N) is 2. The highest BCUT2D eigenvalue weighted by atomic mass is 19.4. The summed E-state index contributed by atoms with van der Waals surface area (Å²) < 4.78 is 37.6. The number of hydrogen-bond donors (Lipinski definition) is 2. The average Bonchev–Trinajstić information content (AvgIpc) is 3.10. The number of carbonyl (C=O) groups excluding carboxylic acids is 2. The topological polar surface area (TPSA) is 61.4 Å². The normalized spacial score (nSPS) is 17.4. The molecule has 2 N–H and O–H groups in total. The summed E-state index contributed by atoms with van der Waals surface area (Å²) in [5.74, 6) is -0.751. The van der Waals surface area contributed by atoms with Gasteiger partial charge in [-0.25, -0.2) is 0 Å². The summed E-state index contributed by atoms with van der Waals surface area (Å²) in [6.07, 6.45) is -2.76. The van der Waals surface area contributed by atoms with Crippen LogP contribution in [-0.4, -0.2) is 48.9 Å². The molecule has 0 aliphatic carbocycles. The summed E-state index contributed by atoms with van der Waals surface area (Å²) in [5, 5.41) is 5.69. The predicted octanol–water partition coefficient (Wildman–Crippen LogP) is 2.04. The molecule has 5 nitrogen and oxygen atoms in total. The molecule has 1 aromatic carbocycles. The van der Waals surface area contributed by atoms with Gasteiger partial charge in [0.15, 0.2) is 0 Å². The first kappa shape index (κ1) is 19.2. The third-order valence-corrected chi connectivity index (χ3v) is 4.13. The van der Waals surface area contributed by atoms with E-state index in [0.29, 0.717) is 6.54 Å². The number of hydrogen-bond acceptors (Lipinski definition) is 3. The molecule has 2 amide bonds. The smallest absolute Gasteiger partial charge is 0.343 e. The van der Waals surface area contributed by atoms with Crippen molar-refractivity contribution in [3.8, 4) is 0 Å². The van der Waals surface area contributed by atoms with Gasteiger partial charge in [-0.1, -0.05) is 6.92 Å². The summed E-state index contributed by atoms with van der Waals surface area (Å²) in [6, 6.07) is 4.03. The average molecular weight is 357 g/mol. The van der Waals surface area contributed by atoms with Crippen LogP contribution in [0.4, 0.5) is 13.2 Å². The second-order valence-corrected chi connectivity index (χ2v) is 5.99. The van der Waals surface area contributed by atoms with Crippen molar-refractivity contribution in [3.05, 3.63) is 35.4 Å². The quantitative estimate of drug-likeness (QED) is 0.819. The minimum atomic E-state index is -4.44. The molecule has 0 saturated carbocycles. The van der Waals surface area contributed by atoms with Gasteiger partial charge in [-0.3, -0.25) is 9.59 Å². The van der Waals surface area contributed by atoms with Gasteiger partial charge < -0.3 is 15.5 Å². The van der Waals surface area contributed by atoms with Gasteiger partial charge in [-0.15, -0.1) is 0 Å². The van der Waals surface area contributed by atoms with Gasteiger partial charge in [0, 0.05) is 24.7 Å². The Hall–Kier alpha value is -2.09. The molecular formula is C17H22F3N3O2. The van der Waals surface area contributed by atoms with E-state index in [4.69, 9.17) is 0 Å². The van der Waals surface area contributed by atoms with Crippen molar-refractivity contribution in [1.82, 2.24) is 15.5 Å². The largest absolute Gasteiger partial charge is 0.416 e. The number of nitrogens with zero attached hydrogens (tertiary/aromatic N) is 1. The summed E-state index contributed by atoms with van der Waals surface area (Å²) in [4.78, 5) is 26.2. The Labute approximate surface area is 144 Å². The fourth-order valence-electron chi connectivity index (χ4n) is 2.83. The summed E-state index contributed by atoms with van der Waals surface area (Å²) in [5.41, 5.74) is -0.728. The second kappa shape index (κ2) is 8.33. The molecule has 0 bridgehead atoms. The maximum Gasteiger partial charge on any atom is 0.416 e. The molecule has 1 atom stereocenters. The number of rotatable bonds is 6. The molecule has 1 unspecified atom stereocenters.